The minimum Gasteiger partial charge on any atom is -0.451 e. The first-order chi connectivity index (χ1) is 22.1. The molecule has 0 saturated carbocycles. The van der Waals surface area contributed by atoms with Crippen molar-refractivity contribution in [3.63, 3.8) is 0 Å². The van der Waals surface area contributed by atoms with Gasteiger partial charge in [0, 0.05) is 5.56 Å². The molecule has 236 valence electrons. The van der Waals surface area contributed by atoms with Crippen LogP contribution < -0.4 is 10.6 Å². The Bertz CT molecular complexity index is 1450. The highest BCUT2D eigenvalue weighted by molar-refractivity contribution is 5.92. The Hall–Kier alpha value is -4.73. The van der Waals surface area contributed by atoms with Crippen LogP contribution in [0, 0.1) is 5.92 Å². The van der Waals surface area contributed by atoms with Gasteiger partial charge in [-0.05, 0) is 29.7 Å². The maximum atomic E-state index is 13.7. The molecule has 3 aromatic carbocycles. The number of hydroxylamine groups is 2. The third-order valence-corrected chi connectivity index (χ3v) is 7.37. The number of carbonyl (C=O) groups is 3. The lowest BCUT2D eigenvalue weighted by Gasteiger charge is -2.33. The van der Waals surface area contributed by atoms with Crippen LogP contribution in [0.5, 0.6) is 0 Å². The van der Waals surface area contributed by atoms with Crippen LogP contribution in [0.3, 0.4) is 0 Å². The number of benzene rings is 3. The van der Waals surface area contributed by atoms with E-state index in [1.165, 1.54) is 5.06 Å². The van der Waals surface area contributed by atoms with Gasteiger partial charge in [-0.2, -0.15) is 0 Å². The van der Waals surface area contributed by atoms with E-state index in [0.717, 1.165) is 36.0 Å². The summed E-state index contributed by atoms with van der Waals surface area (Å²) in [6.45, 7) is 2.52. The maximum Gasteiger partial charge on any atom is 0.288 e. The van der Waals surface area contributed by atoms with Crippen molar-refractivity contribution >= 4 is 18.2 Å². The molecule has 1 aromatic heterocycles. The number of hydrogen-bond acceptors (Lipinski definition) is 6. The standard InChI is InChI=1S/C36H41N3O6/c1-2-3-7-20-31(35(41)37-26-38-36(42)34-22-21-33(45-34)30-18-12-6-13-19-30)32(25-43-23-28-14-8-4-9-15-28)39(27-40)44-24-29-16-10-5-11-17-29/h4-6,8-19,21-22,27,31-32H,2-3,7,20,23-26H2,1H3,(H,37,41)(H,38,42). The molecule has 0 bridgehead atoms. The van der Waals surface area contributed by atoms with Gasteiger partial charge in [-0.15, -0.1) is 0 Å². The second-order valence-corrected chi connectivity index (χ2v) is 10.6. The molecule has 0 spiro atoms. The Morgan fingerprint density at radius 2 is 1.47 bits per heavy atom. The fourth-order valence-electron chi connectivity index (χ4n) is 4.93. The SMILES string of the molecule is CCCCCC(C(=O)NCNC(=O)c1ccc(-c2ccccc2)o1)C(COCc1ccccc1)N(C=O)OCc1ccccc1. The van der Waals surface area contributed by atoms with E-state index in [-0.39, 0.29) is 31.5 Å². The molecule has 1 heterocycles. The summed E-state index contributed by atoms with van der Waals surface area (Å²) in [4.78, 5) is 44.8. The van der Waals surface area contributed by atoms with Gasteiger partial charge in [0.25, 0.3) is 5.91 Å². The largest absolute Gasteiger partial charge is 0.451 e. The quantitative estimate of drug-likeness (QED) is 0.0572. The molecule has 45 heavy (non-hydrogen) atoms. The van der Waals surface area contributed by atoms with E-state index in [0.29, 0.717) is 25.2 Å². The summed E-state index contributed by atoms with van der Waals surface area (Å²) in [6, 6.07) is 31.3. The molecule has 2 N–H and O–H groups in total. The second-order valence-electron chi connectivity index (χ2n) is 10.6. The summed E-state index contributed by atoms with van der Waals surface area (Å²) in [7, 11) is 0. The number of amides is 3. The van der Waals surface area contributed by atoms with Crippen LogP contribution in [0.2, 0.25) is 0 Å². The fourth-order valence-corrected chi connectivity index (χ4v) is 4.93. The predicted molar refractivity (Wildman–Crippen MR) is 171 cm³/mol. The molecule has 4 aromatic rings. The summed E-state index contributed by atoms with van der Waals surface area (Å²) in [5.74, 6) is -0.721. The molecule has 2 atom stereocenters. The van der Waals surface area contributed by atoms with Crippen molar-refractivity contribution in [2.45, 2.75) is 51.9 Å². The first kappa shape index (κ1) is 33.2. The van der Waals surface area contributed by atoms with Gasteiger partial charge in [0.1, 0.15) is 12.4 Å². The lowest BCUT2D eigenvalue weighted by atomic mass is 9.92. The van der Waals surface area contributed by atoms with E-state index in [9.17, 15) is 14.4 Å². The molecule has 9 heteroatoms. The number of furan rings is 1. The highest BCUT2D eigenvalue weighted by Gasteiger charge is 2.33. The average molecular weight is 612 g/mol. The Balaban J connectivity index is 1.43. The molecule has 2 unspecified atom stereocenters. The summed E-state index contributed by atoms with van der Waals surface area (Å²) in [5, 5.41) is 6.72. The molecule has 0 aliphatic heterocycles. The molecule has 0 saturated heterocycles. The minimum absolute atomic E-state index is 0.0770. The van der Waals surface area contributed by atoms with Gasteiger partial charge in [0.15, 0.2) is 5.76 Å². The van der Waals surface area contributed by atoms with E-state index in [4.69, 9.17) is 14.0 Å². The minimum atomic E-state index is -0.707. The highest BCUT2D eigenvalue weighted by Crippen LogP contribution is 2.23. The monoisotopic (exact) mass is 611 g/mol. The van der Waals surface area contributed by atoms with Crippen molar-refractivity contribution in [2.24, 2.45) is 5.92 Å². The molecule has 4 rings (SSSR count). The van der Waals surface area contributed by atoms with Crippen molar-refractivity contribution in [1.82, 2.24) is 15.7 Å². The van der Waals surface area contributed by atoms with Crippen molar-refractivity contribution in [3.05, 3.63) is 120 Å². The Kier molecular flexibility index (Phi) is 13.4. The zero-order valence-electron chi connectivity index (χ0n) is 25.6. The first-order valence-corrected chi connectivity index (χ1v) is 15.3. The van der Waals surface area contributed by atoms with Crippen LogP contribution in [0.4, 0.5) is 0 Å². The van der Waals surface area contributed by atoms with E-state index in [1.54, 1.807) is 12.1 Å². The number of carbonyl (C=O) groups excluding carboxylic acids is 3. The Morgan fingerprint density at radius 1 is 0.822 bits per heavy atom. The molecule has 3 amide bonds. The van der Waals surface area contributed by atoms with Crippen LogP contribution in [-0.2, 0) is 32.4 Å². The number of ether oxygens (including phenoxy) is 1. The number of hydrogen-bond donors (Lipinski definition) is 2. The molecular weight excluding hydrogens is 570 g/mol. The normalized spacial score (nSPS) is 12.2. The third-order valence-electron chi connectivity index (χ3n) is 7.37. The molecule has 0 aliphatic rings. The zero-order valence-corrected chi connectivity index (χ0v) is 25.6. The van der Waals surface area contributed by atoms with E-state index in [2.05, 4.69) is 17.6 Å². The van der Waals surface area contributed by atoms with Crippen molar-refractivity contribution < 1.29 is 28.4 Å². The first-order valence-electron chi connectivity index (χ1n) is 15.3. The van der Waals surface area contributed by atoms with Gasteiger partial charge in [-0.25, -0.2) is 5.06 Å². The molecule has 9 nitrogen and oxygen atoms in total. The number of nitrogens with one attached hydrogen (secondary N) is 2. The molecule has 0 radical (unpaired) electrons. The van der Waals surface area contributed by atoms with Gasteiger partial charge in [0.05, 0.1) is 31.8 Å². The fraction of sp³-hybridized carbons (Fsp3) is 0.306. The van der Waals surface area contributed by atoms with Gasteiger partial charge in [-0.3, -0.25) is 19.2 Å². The van der Waals surface area contributed by atoms with Crippen LogP contribution in [0.25, 0.3) is 11.3 Å². The van der Waals surface area contributed by atoms with E-state index >= 15 is 0 Å². The average Bonchev–Trinajstić information content (AvgIpc) is 3.58. The number of rotatable bonds is 19. The number of nitrogens with zero attached hydrogens (tertiary/aromatic N) is 1. The third kappa shape index (κ3) is 10.4. The summed E-state index contributed by atoms with van der Waals surface area (Å²) in [6.07, 6.45) is 3.77. The van der Waals surface area contributed by atoms with Crippen LogP contribution in [0.15, 0.2) is 108 Å². The van der Waals surface area contributed by atoms with Gasteiger partial charge in [0.2, 0.25) is 12.3 Å². The van der Waals surface area contributed by atoms with Crippen LogP contribution in [0.1, 0.15) is 54.3 Å². The lowest BCUT2D eigenvalue weighted by molar-refractivity contribution is -0.207. The maximum absolute atomic E-state index is 13.7. The topological polar surface area (TPSA) is 110 Å². The highest BCUT2D eigenvalue weighted by atomic mass is 16.7. The van der Waals surface area contributed by atoms with Crippen LogP contribution >= 0.6 is 0 Å². The Labute approximate surface area is 264 Å². The Morgan fingerprint density at radius 3 is 2.11 bits per heavy atom. The van der Waals surface area contributed by atoms with E-state index < -0.39 is 17.9 Å². The van der Waals surface area contributed by atoms with Gasteiger partial charge < -0.3 is 19.8 Å². The van der Waals surface area contributed by atoms with Crippen molar-refractivity contribution in [2.75, 3.05) is 13.3 Å². The van der Waals surface area contributed by atoms with Crippen LogP contribution in [-0.4, -0.2) is 42.6 Å². The lowest BCUT2D eigenvalue weighted by Crippen LogP contribution is -2.50. The van der Waals surface area contributed by atoms with E-state index in [1.807, 2.05) is 91.0 Å². The summed E-state index contributed by atoms with van der Waals surface area (Å²) in [5.41, 5.74) is 2.72. The molecule has 0 aliphatic carbocycles. The van der Waals surface area contributed by atoms with Crippen molar-refractivity contribution in [3.8, 4) is 11.3 Å². The molecule has 0 fully saturated rings. The second kappa shape index (κ2) is 18.2. The predicted octanol–water partition coefficient (Wildman–Crippen LogP) is 6.12. The van der Waals surface area contributed by atoms with Crippen molar-refractivity contribution in [1.29, 1.82) is 0 Å². The summed E-state index contributed by atoms with van der Waals surface area (Å²) < 4.78 is 11.8. The number of unbranched alkanes of at least 4 members (excludes halogenated alkanes) is 2. The molecular formula is C36H41N3O6. The van der Waals surface area contributed by atoms with Gasteiger partial charge >= 0.3 is 0 Å². The van der Waals surface area contributed by atoms with Gasteiger partial charge in [-0.1, -0.05) is 117 Å². The summed E-state index contributed by atoms with van der Waals surface area (Å²) >= 11 is 0. The zero-order chi connectivity index (χ0) is 31.7. The smallest absolute Gasteiger partial charge is 0.288 e.